The van der Waals surface area contributed by atoms with Crippen LogP contribution in [-0.2, 0) is 22.4 Å². The number of aliphatic carboxylic acids is 2. The monoisotopic (exact) mass is 432 g/mol. The molecule has 0 spiro atoms. The average molecular weight is 432 g/mol. The van der Waals surface area contributed by atoms with Gasteiger partial charge in [-0.05, 0) is 37.0 Å². The Morgan fingerprint density at radius 1 is 1.17 bits per heavy atom. The molecule has 0 radical (unpaired) electrons. The predicted octanol–water partition coefficient (Wildman–Crippen LogP) is 1.02. The summed E-state index contributed by atoms with van der Waals surface area (Å²) in [7, 11) is 0. The highest BCUT2D eigenvalue weighted by Crippen LogP contribution is 2.25. The Labute approximate surface area is 174 Å². The van der Waals surface area contributed by atoms with Crippen LogP contribution in [0.25, 0.3) is 11.0 Å². The van der Waals surface area contributed by atoms with E-state index in [4.69, 9.17) is 21.7 Å². The molecule has 11 nitrogen and oxygen atoms in total. The Bertz CT molecular complexity index is 1110. The molecule has 1 unspecified atom stereocenters. The number of hydrogen-bond donors (Lipinski definition) is 6. The molecule has 158 valence electrons. The molecule has 0 aliphatic rings. The van der Waals surface area contributed by atoms with Gasteiger partial charge in [0.25, 0.3) is 5.91 Å². The number of nitrogens with one attached hydrogen (secondary N) is 2. The van der Waals surface area contributed by atoms with Crippen LogP contribution in [-0.4, -0.2) is 49.1 Å². The molecule has 3 aromatic heterocycles. The van der Waals surface area contributed by atoms with Crippen LogP contribution in [0.5, 0.6) is 0 Å². The quantitative estimate of drug-likeness (QED) is 0.286. The maximum atomic E-state index is 12.3. The first kappa shape index (κ1) is 21.0. The van der Waals surface area contributed by atoms with Crippen LogP contribution >= 0.6 is 11.3 Å². The van der Waals surface area contributed by atoms with E-state index in [2.05, 4.69) is 20.3 Å². The van der Waals surface area contributed by atoms with Crippen LogP contribution < -0.4 is 16.8 Å². The fourth-order valence-corrected chi connectivity index (χ4v) is 3.90. The fourth-order valence-electron chi connectivity index (χ4n) is 2.99. The van der Waals surface area contributed by atoms with Gasteiger partial charge in [-0.15, -0.1) is 11.3 Å². The van der Waals surface area contributed by atoms with E-state index in [1.54, 1.807) is 18.3 Å². The zero-order valence-corrected chi connectivity index (χ0v) is 16.5. The largest absolute Gasteiger partial charge is 0.481 e. The summed E-state index contributed by atoms with van der Waals surface area (Å²) in [5, 5.41) is 20.9. The van der Waals surface area contributed by atoms with Crippen molar-refractivity contribution in [3.63, 3.8) is 0 Å². The number of carboxylic acid groups (broad SMARTS) is 2. The topological polar surface area (TPSA) is 197 Å². The number of fused-ring (bicyclic) bond motifs is 1. The molecule has 8 N–H and O–H groups in total. The van der Waals surface area contributed by atoms with Crippen LogP contribution in [0.2, 0.25) is 0 Å². The van der Waals surface area contributed by atoms with Crippen molar-refractivity contribution in [3.05, 3.63) is 33.6 Å². The highest BCUT2D eigenvalue weighted by molar-refractivity contribution is 7.14. The molecule has 0 fully saturated rings. The molecule has 0 aliphatic carbocycles. The summed E-state index contributed by atoms with van der Waals surface area (Å²) in [4.78, 5) is 46.6. The number of H-pyrrole nitrogens is 1. The summed E-state index contributed by atoms with van der Waals surface area (Å²) in [5.41, 5.74) is 13.0. The number of aryl methyl sites for hydroxylation is 2. The first-order valence-electron chi connectivity index (χ1n) is 8.97. The van der Waals surface area contributed by atoms with Crippen molar-refractivity contribution in [1.29, 1.82) is 0 Å². The van der Waals surface area contributed by atoms with E-state index in [1.165, 1.54) is 11.3 Å². The van der Waals surface area contributed by atoms with Gasteiger partial charge in [0.15, 0.2) is 0 Å². The number of aromatic amines is 1. The van der Waals surface area contributed by atoms with Gasteiger partial charge in [-0.1, -0.05) is 0 Å². The summed E-state index contributed by atoms with van der Waals surface area (Å²) >= 11 is 1.24. The number of thiophene rings is 1. The molecular formula is C18H20N6O5S. The van der Waals surface area contributed by atoms with Crippen molar-refractivity contribution in [2.24, 2.45) is 0 Å². The Balaban J connectivity index is 1.64. The minimum atomic E-state index is -1.28. The second-order valence-electron chi connectivity index (χ2n) is 6.57. The third-order valence-corrected chi connectivity index (χ3v) is 5.58. The predicted molar refractivity (Wildman–Crippen MR) is 110 cm³/mol. The fraction of sp³-hybridized carbons (Fsp3) is 0.278. The molecule has 0 aliphatic heterocycles. The van der Waals surface area contributed by atoms with Crippen molar-refractivity contribution in [2.75, 3.05) is 11.5 Å². The van der Waals surface area contributed by atoms with Gasteiger partial charge in [0.05, 0.1) is 10.3 Å². The number of nitrogens with zero attached hydrogens (tertiary/aromatic N) is 2. The minimum absolute atomic E-state index is 0.0883. The lowest BCUT2D eigenvalue weighted by Gasteiger charge is -2.12. The second-order valence-corrected chi connectivity index (χ2v) is 7.74. The van der Waals surface area contributed by atoms with E-state index in [-0.39, 0.29) is 18.8 Å². The number of nitrogen functional groups attached to an aromatic ring is 2. The van der Waals surface area contributed by atoms with Gasteiger partial charge in [-0.3, -0.25) is 9.59 Å². The van der Waals surface area contributed by atoms with Gasteiger partial charge in [0, 0.05) is 17.5 Å². The Hall–Kier alpha value is -3.67. The van der Waals surface area contributed by atoms with Gasteiger partial charge in [0.1, 0.15) is 17.5 Å². The van der Waals surface area contributed by atoms with Gasteiger partial charge in [-0.2, -0.15) is 9.97 Å². The molecule has 3 aromatic rings. The molecule has 1 amide bonds. The summed E-state index contributed by atoms with van der Waals surface area (Å²) < 4.78 is 0. The third kappa shape index (κ3) is 4.84. The van der Waals surface area contributed by atoms with E-state index in [9.17, 15) is 14.4 Å². The first-order chi connectivity index (χ1) is 14.2. The first-order valence-corrected chi connectivity index (χ1v) is 9.79. The van der Waals surface area contributed by atoms with Crippen molar-refractivity contribution in [3.8, 4) is 0 Å². The Morgan fingerprint density at radius 3 is 2.63 bits per heavy atom. The number of amides is 1. The molecule has 12 heteroatoms. The second kappa shape index (κ2) is 8.78. The molecule has 0 saturated carbocycles. The zero-order chi connectivity index (χ0) is 21.8. The van der Waals surface area contributed by atoms with Gasteiger partial charge >= 0.3 is 11.9 Å². The van der Waals surface area contributed by atoms with E-state index >= 15 is 0 Å². The maximum absolute atomic E-state index is 12.3. The van der Waals surface area contributed by atoms with E-state index < -0.39 is 23.9 Å². The van der Waals surface area contributed by atoms with E-state index in [1.807, 2.05) is 0 Å². The van der Waals surface area contributed by atoms with E-state index in [0.717, 1.165) is 10.4 Å². The number of carbonyl (C=O) groups is 3. The Morgan fingerprint density at radius 2 is 1.93 bits per heavy atom. The number of carboxylic acids is 2. The molecule has 3 rings (SSSR count). The highest BCUT2D eigenvalue weighted by Gasteiger charge is 2.22. The maximum Gasteiger partial charge on any atom is 0.326 e. The lowest BCUT2D eigenvalue weighted by atomic mass is 10.1. The number of carbonyl (C=O) groups excluding carboxylic acids is 1. The third-order valence-electron chi connectivity index (χ3n) is 4.44. The van der Waals surface area contributed by atoms with E-state index in [0.29, 0.717) is 34.6 Å². The molecule has 0 aromatic carbocycles. The van der Waals surface area contributed by atoms with Crippen LogP contribution in [0.1, 0.15) is 33.0 Å². The molecule has 1 atom stereocenters. The summed E-state index contributed by atoms with van der Waals surface area (Å²) in [5.74, 6) is -2.57. The van der Waals surface area contributed by atoms with Gasteiger partial charge in [-0.25, -0.2) is 4.79 Å². The van der Waals surface area contributed by atoms with Crippen molar-refractivity contribution >= 4 is 52.0 Å². The number of nitrogens with two attached hydrogens (primary N) is 2. The normalized spacial score (nSPS) is 12.0. The molecular weight excluding hydrogens is 412 g/mol. The lowest BCUT2D eigenvalue weighted by molar-refractivity contribution is -0.140. The SMILES string of the molecule is Nc1nc(N)c2c(CCc3ccc(C(=O)NC(CCC(=O)O)C(=O)O)s3)c[nH]c2n1. The summed E-state index contributed by atoms with van der Waals surface area (Å²) in [6.45, 7) is 0. The van der Waals surface area contributed by atoms with Crippen LogP contribution in [0.3, 0.4) is 0 Å². The lowest BCUT2D eigenvalue weighted by Crippen LogP contribution is -2.40. The molecule has 3 heterocycles. The Kier molecular flexibility index (Phi) is 6.16. The highest BCUT2D eigenvalue weighted by atomic mass is 32.1. The van der Waals surface area contributed by atoms with Crippen molar-refractivity contribution in [2.45, 2.75) is 31.7 Å². The summed E-state index contributed by atoms with van der Waals surface area (Å²) in [6.07, 6.45) is 2.49. The molecule has 0 bridgehead atoms. The summed E-state index contributed by atoms with van der Waals surface area (Å²) in [6, 6.07) is 2.14. The van der Waals surface area contributed by atoms with Gasteiger partial charge in [0.2, 0.25) is 5.95 Å². The number of aromatic nitrogens is 3. The van der Waals surface area contributed by atoms with Crippen LogP contribution in [0, 0.1) is 0 Å². The zero-order valence-electron chi connectivity index (χ0n) is 15.7. The van der Waals surface area contributed by atoms with Crippen LogP contribution in [0.15, 0.2) is 18.3 Å². The number of rotatable bonds is 9. The molecule has 0 saturated heterocycles. The van der Waals surface area contributed by atoms with Crippen molar-refractivity contribution < 1.29 is 24.6 Å². The number of hydrogen-bond acceptors (Lipinski definition) is 8. The van der Waals surface area contributed by atoms with Crippen molar-refractivity contribution in [1.82, 2.24) is 20.3 Å². The smallest absolute Gasteiger partial charge is 0.326 e. The number of anilines is 2. The average Bonchev–Trinajstić information content (AvgIpc) is 3.29. The van der Waals surface area contributed by atoms with Crippen LogP contribution in [0.4, 0.5) is 11.8 Å². The molecule has 30 heavy (non-hydrogen) atoms. The minimum Gasteiger partial charge on any atom is -0.481 e. The van der Waals surface area contributed by atoms with Gasteiger partial charge < -0.3 is 32.0 Å². The standard InChI is InChI=1S/C18H20N6O5S/c19-14-13-8(7-21-15(13)24-18(20)23-14)1-2-9-3-5-11(30-9)16(27)22-10(17(28)29)4-6-12(25)26/h3,5,7,10H,1-2,4,6H2,(H,22,27)(H,25,26)(H,28,29)(H5,19,20,21,23,24).